The van der Waals surface area contributed by atoms with Crippen LogP contribution in [0, 0.1) is 6.92 Å². The summed E-state index contributed by atoms with van der Waals surface area (Å²) in [6.07, 6.45) is 6.34. The quantitative estimate of drug-likeness (QED) is 0.662. The van der Waals surface area contributed by atoms with E-state index in [9.17, 15) is 0 Å². The van der Waals surface area contributed by atoms with Crippen LogP contribution in [0.25, 0.3) is 6.08 Å². The zero-order chi connectivity index (χ0) is 14.0. The van der Waals surface area contributed by atoms with Gasteiger partial charge in [-0.25, -0.2) is 0 Å². The predicted octanol–water partition coefficient (Wildman–Crippen LogP) is 4.66. The summed E-state index contributed by atoms with van der Waals surface area (Å²) < 4.78 is 5.61. The number of hydrogen-bond donors (Lipinski definition) is 0. The van der Waals surface area contributed by atoms with E-state index in [2.05, 4.69) is 73.7 Å². The second kappa shape index (κ2) is 8.34. The lowest BCUT2D eigenvalue weighted by Crippen LogP contribution is -1.96. The molecule has 0 aliphatic heterocycles. The summed E-state index contributed by atoms with van der Waals surface area (Å²) in [7, 11) is 0. The molecular weight excluding hydrogens is 244 g/mol. The molecular formula is C19H22O. The van der Waals surface area contributed by atoms with Gasteiger partial charge in [-0.1, -0.05) is 72.3 Å². The molecule has 0 bridgehead atoms. The van der Waals surface area contributed by atoms with Gasteiger partial charge in [-0.2, -0.15) is 0 Å². The van der Waals surface area contributed by atoms with Crippen LogP contribution in [0.4, 0.5) is 0 Å². The summed E-state index contributed by atoms with van der Waals surface area (Å²) in [5.41, 5.74) is 3.90. The maximum absolute atomic E-state index is 5.61. The molecule has 0 amide bonds. The van der Waals surface area contributed by atoms with E-state index < -0.39 is 0 Å². The lowest BCUT2D eigenvalue weighted by atomic mass is 10.1. The topological polar surface area (TPSA) is 9.23 Å². The molecule has 0 spiro atoms. The summed E-state index contributed by atoms with van der Waals surface area (Å²) in [5, 5.41) is 0. The van der Waals surface area contributed by atoms with Gasteiger partial charge in [0, 0.05) is 6.61 Å². The van der Waals surface area contributed by atoms with Crippen LogP contribution in [-0.4, -0.2) is 13.2 Å². The van der Waals surface area contributed by atoms with Crippen molar-refractivity contribution in [3.63, 3.8) is 0 Å². The van der Waals surface area contributed by atoms with Gasteiger partial charge >= 0.3 is 0 Å². The highest BCUT2D eigenvalue weighted by Gasteiger charge is 1.92. The largest absolute Gasteiger partial charge is 0.377 e. The van der Waals surface area contributed by atoms with E-state index in [1.807, 2.05) is 0 Å². The first-order chi connectivity index (χ1) is 9.84. The van der Waals surface area contributed by atoms with E-state index in [4.69, 9.17) is 4.74 Å². The second-order valence-corrected chi connectivity index (χ2v) is 4.98. The number of rotatable bonds is 7. The van der Waals surface area contributed by atoms with Crippen molar-refractivity contribution < 1.29 is 4.74 Å². The normalized spacial score (nSPS) is 11.1. The van der Waals surface area contributed by atoms with E-state index in [-0.39, 0.29) is 0 Å². The van der Waals surface area contributed by atoms with Gasteiger partial charge in [0.1, 0.15) is 0 Å². The van der Waals surface area contributed by atoms with Gasteiger partial charge in [-0.05, 0) is 30.9 Å². The molecule has 20 heavy (non-hydrogen) atoms. The molecule has 0 aliphatic carbocycles. The SMILES string of the molecule is Cc1ccc(C=CCOCCCc2ccccc2)cc1. The van der Waals surface area contributed by atoms with Gasteiger partial charge in [0.2, 0.25) is 0 Å². The Labute approximate surface area is 121 Å². The summed E-state index contributed by atoms with van der Waals surface area (Å²) >= 11 is 0. The van der Waals surface area contributed by atoms with Crippen LogP contribution in [0.1, 0.15) is 23.1 Å². The molecule has 1 nitrogen and oxygen atoms in total. The van der Waals surface area contributed by atoms with Crippen LogP contribution < -0.4 is 0 Å². The average Bonchev–Trinajstić information content (AvgIpc) is 2.49. The Hall–Kier alpha value is -1.86. The summed E-state index contributed by atoms with van der Waals surface area (Å²) in [5.74, 6) is 0. The van der Waals surface area contributed by atoms with Gasteiger partial charge in [0.25, 0.3) is 0 Å². The van der Waals surface area contributed by atoms with Gasteiger partial charge < -0.3 is 4.74 Å². The van der Waals surface area contributed by atoms with Crippen molar-refractivity contribution >= 4 is 6.08 Å². The van der Waals surface area contributed by atoms with E-state index in [0.29, 0.717) is 6.61 Å². The minimum atomic E-state index is 0.683. The van der Waals surface area contributed by atoms with Crippen molar-refractivity contribution in [2.24, 2.45) is 0 Å². The fraction of sp³-hybridized carbons (Fsp3) is 0.263. The third-order valence-electron chi connectivity index (χ3n) is 3.20. The standard InChI is InChI=1S/C19H22O/c1-17-11-13-19(14-12-17)10-6-16-20-15-5-9-18-7-3-2-4-8-18/h2-4,6-8,10-14H,5,9,15-16H2,1H3. The molecule has 2 rings (SSSR count). The van der Waals surface area contributed by atoms with Crippen molar-refractivity contribution in [1.29, 1.82) is 0 Å². The van der Waals surface area contributed by atoms with E-state index in [1.165, 1.54) is 16.7 Å². The molecule has 0 atom stereocenters. The number of hydrogen-bond acceptors (Lipinski definition) is 1. The molecule has 0 aromatic heterocycles. The van der Waals surface area contributed by atoms with Gasteiger partial charge in [0.15, 0.2) is 0 Å². The zero-order valence-electron chi connectivity index (χ0n) is 12.1. The third-order valence-corrected chi connectivity index (χ3v) is 3.20. The monoisotopic (exact) mass is 266 g/mol. The highest BCUT2D eigenvalue weighted by Crippen LogP contribution is 2.05. The highest BCUT2D eigenvalue weighted by atomic mass is 16.5. The van der Waals surface area contributed by atoms with Crippen molar-refractivity contribution in [1.82, 2.24) is 0 Å². The molecule has 0 aliphatic rings. The van der Waals surface area contributed by atoms with Crippen molar-refractivity contribution in [3.05, 3.63) is 77.4 Å². The van der Waals surface area contributed by atoms with E-state index in [0.717, 1.165) is 19.4 Å². The number of benzene rings is 2. The molecule has 0 N–H and O–H groups in total. The molecule has 0 radical (unpaired) electrons. The molecule has 2 aromatic carbocycles. The fourth-order valence-corrected chi connectivity index (χ4v) is 2.04. The first-order valence-electron chi connectivity index (χ1n) is 7.19. The Kier molecular flexibility index (Phi) is 6.07. The maximum Gasteiger partial charge on any atom is 0.0650 e. The lowest BCUT2D eigenvalue weighted by molar-refractivity contribution is 0.160. The van der Waals surface area contributed by atoms with Crippen LogP contribution in [-0.2, 0) is 11.2 Å². The number of aryl methyl sites for hydroxylation is 2. The van der Waals surface area contributed by atoms with E-state index >= 15 is 0 Å². The summed E-state index contributed by atoms with van der Waals surface area (Å²) in [6.45, 7) is 3.60. The maximum atomic E-state index is 5.61. The number of ether oxygens (including phenoxy) is 1. The first kappa shape index (κ1) is 14.5. The van der Waals surface area contributed by atoms with Crippen molar-refractivity contribution in [3.8, 4) is 0 Å². The molecule has 104 valence electrons. The lowest BCUT2D eigenvalue weighted by Gasteiger charge is -2.02. The average molecular weight is 266 g/mol. The van der Waals surface area contributed by atoms with Crippen LogP contribution in [0.5, 0.6) is 0 Å². The Morgan fingerprint density at radius 3 is 2.45 bits per heavy atom. The Balaban J connectivity index is 1.58. The molecule has 0 unspecified atom stereocenters. The third kappa shape index (κ3) is 5.41. The van der Waals surface area contributed by atoms with Crippen LogP contribution >= 0.6 is 0 Å². The van der Waals surface area contributed by atoms with Crippen molar-refractivity contribution in [2.75, 3.05) is 13.2 Å². The van der Waals surface area contributed by atoms with E-state index in [1.54, 1.807) is 0 Å². The first-order valence-corrected chi connectivity index (χ1v) is 7.19. The minimum absolute atomic E-state index is 0.683. The van der Waals surface area contributed by atoms with Gasteiger partial charge in [-0.3, -0.25) is 0 Å². The molecule has 1 heteroatoms. The highest BCUT2D eigenvalue weighted by molar-refractivity contribution is 5.49. The second-order valence-electron chi connectivity index (χ2n) is 4.98. The predicted molar refractivity (Wildman–Crippen MR) is 85.8 cm³/mol. The van der Waals surface area contributed by atoms with Crippen LogP contribution in [0.2, 0.25) is 0 Å². The van der Waals surface area contributed by atoms with Crippen LogP contribution in [0.15, 0.2) is 60.7 Å². The summed E-state index contributed by atoms with van der Waals surface area (Å²) in [4.78, 5) is 0. The van der Waals surface area contributed by atoms with Crippen LogP contribution in [0.3, 0.4) is 0 Å². The van der Waals surface area contributed by atoms with Gasteiger partial charge in [-0.15, -0.1) is 0 Å². The molecule has 0 saturated carbocycles. The zero-order valence-corrected chi connectivity index (χ0v) is 12.1. The molecule has 0 saturated heterocycles. The molecule has 0 fully saturated rings. The summed E-state index contributed by atoms with van der Waals surface area (Å²) in [6, 6.07) is 19.1. The Morgan fingerprint density at radius 1 is 0.950 bits per heavy atom. The molecule has 2 aromatic rings. The van der Waals surface area contributed by atoms with Crippen molar-refractivity contribution in [2.45, 2.75) is 19.8 Å². The smallest absolute Gasteiger partial charge is 0.0650 e. The van der Waals surface area contributed by atoms with Gasteiger partial charge in [0.05, 0.1) is 6.61 Å². The fourth-order valence-electron chi connectivity index (χ4n) is 2.04. The Bertz CT molecular complexity index is 511. The minimum Gasteiger partial charge on any atom is -0.377 e. The molecule has 0 heterocycles. The Morgan fingerprint density at radius 2 is 1.70 bits per heavy atom.